The Hall–Kier alpha value is -1.35. The zero-order valence-electron chi connectivity index (χ0n) is 10.7. The van der Waals surface area contributed by atoms with E-state index in [0.717, 1.165) is 11.1 Å². The Morgan fingerprint density at radius 3 is 2.76 bits per heavy atom. The van der Waals surface area contributed by atoms with Gasteiger partial charge in [-0.1, -0.05) is 17.7 Å². The van der Waals surface area contributed by atoms with Gasteiger partial charge in [0.1, 0.15) is 0 Å². The first kappa shape index (κ1) is 12.1. The van der Waals surface area contributed by atoms with Gasteiger partial charge in [-0.3, -0.25) is 4.79 Å². The molecule has 1 aromatic rings. The van der Waals surface area contributed by atoms with E-state index in [1.165, 1.54) is 5.56 Å². The van der Waals surface area contributed by atoms with Gasteiger partial charge in [-0.15, -0.1) is 0 Å². The Morgan fingerprint density at radius 2 is 2.12 bits per heavy atom. The predicted octanol–water partition coefficient (Wildman–Crippen LogP) is 2.11. The SMILES string of the molecule is Cc1ccc2c(c1)CN(CCC(C)(C)O)C2=O. The van der Waals surface area contributed by atoms with Crippen molar-refractivity contribution in [1.29, 1.82) is 0 Å². The lowest BCUT2D eigenvalue weighted by Crippen LogP contribution is -2.31. The zero-order valence-corrected chi connectivity index (χ0v) is 10.7. The molecule has 17 heavy (non-hydrogen) atoms. The second kappa shape index (κ2) is 4.15. The van der Waals surface area contributed by atoms with Crippen molar-refractivity contribution in [2.45, 2.75) is 39.3 Å². The van der Waals surface area contributed by atoms with Crippen LogP contribution in [0.3, 0.4) is 0 Å². The van der Waals surface area contributed by atoms with Crippen LogP contribution in [-0.4, -0.2) is 28.1 Å². The Bertz CT molecular complexity index is 446. The van der Waals surface area contributed by atoms with Gasteiger partial charge in [-0.05, 0) is 38.8 Å². The summed E-state index contributed by atoms with van der Waals surface area (Å²) in [5.41, 5.74) is 2.38. The Labute approximate surface area is 102 Å². The zero-order chi connectivity index (χ0) is 12.6. The maximum atomic E-state index is 12.1. The van der Waals surface area contributed by atoms with Gasteiger partial charge in [0.2, 0.25) is 0 Å². The summed E-state index contributed by atoms with van der Waals surface area (Å²) in [6.45, 7) is 6.85. The van der Waals surface area contributed by atoms with Crippen molar-refractivity contribution in [1.82, 2.24) is 4.90 Å². The van der Waals surface area contributed by atoms with Crippen LogP contribution in [0.2, 0.25) is 0 Å². The first-order valence-corrected chi connectivity index (χ1v) is 5.98. The van der Waals surface area contributed by atoms with Crippen molar-refractivity contribution in [3.8, 4) is 0 Å². The number of hydrogen-bond donors (Lipinski definition) is 1. The lowest BCUT2D eigenvalue weighted by atomic mass is 10.1. The number of aliphatic hydroxyl groups is 1. The Morgan fingerprint density at radius 1 is 1.41 bits per heavy atom. The molecule has 0 atom stereocenters. The summed E-state index contributed by atoms with van der Waals surface area (Å²) in [6, 6.07) is 5.94. The third-order valence-electron chi connectivity index (χ3n) is 3.13. The maximum absolute atomic E-state index is 12.1. The number of rotatable bonds is 3. The highest BCUT2D eigenvalue weighted by molar-refractivity contribution is 5.98. The van der Waals surface area contributed by atoms with Gasteiger partial charge in [0.05, 0.1) is 5.60 Å². The van der Waals surface area contributed by atoms with Crippen LogP contribution < -0.4 is 0 Å². The summed E-state index contributed by atoms with van der Waals surface area (Å²) in [4.78, 5) is 13.9. The monoisotopic (exact) mass is 233 g/mol. The molecule has 92 valence electrons. The predicted molar refractivity (Wildman–Crippen MR) is 66.8 cm³/mol. The number of aryl methyl sites for hydroxylation is 1. The van der Waals surface area contributed by atoms with E-state index in [0.29, 0.717) is 19.5 Å². The first-order valence-electron chi connectivity index (χ1n) is 5.98. The van der Waals surface area contributed by atoms with Gasteiger partial charge in [-0.25, -0.2) is 0 Å². The van der Waals surface area contributed by atoms with Crippen LogP contribution in [0.15, 0.2) is 18.2 Å². The first-order chi connectivity index (χ1) is 7.87. The highest BCUT2D eigenvalue weighted by atomic mass is 16.3. The molecule has 3 heteroatoms. The maximum Gasteiger partial charge on any atom is 0.254 e. The van der Waals surface area contributed by atoms with Gasteiger partial charge in [0, 0.05) is 18.7 Å². The lowest BCUT2D eigenvalue weighted by molar-refractivity contribution is 0.0517. The average molecular weight is 233 g/mol. The Balaban J connectivity index is 2.09. The molecular weight excluding hydrogens is 214 g/mol. The van der Waals surface area contributed by atoms with Crippen LogP contribution in [-0.2, 0) is 6.54 Å². The molecule has 1 aliphatic heterocycles. The lowest BCUT2D eigenvalue weighted by Gasteiger charge is -2.22. The van der Waals surface area contributed by atoms with Crippen molar-refractivity contribution in [3.05, 3.63) is 34.9 Å². The van der Waals surface area contributed by atoms with E-state index in [1.807, 2.05) is 24.0 Å². The molecule has 0 saturated heterocycles. The summed E-state index contributed by atoms with van der Waals surface area (Å²) in [5.74, 6) is 0.0873. The van der Waals surface area contributed by atoms with E-state index in [2.05, 4.69) is 6.07 Å². The van der Waals surface area contributed by atoms with E-state index in [4.69, 9.17) is 0 Å². The molecule has 3 nitrogen and oxygen atoms in total. The van der Waals surface area contributed by atoms with Gasteiger partial charge in [-0.2, -0.15) is 0 Å². The van der Waals surface area contributed by atoms with Gasteiger partial charge < -0.3 is 10.0 Å². The number of carbonyl (C=O) groups excluding carboxylic acids is 1. The van der Waals surface area contributed by atoms with Crippen LogP contribution in [0.5, 0.6) is 0 Å². The van der Waals surface area contributed by atoms with Crippen molar-refractivity contribution < 1.29 is 9.90 Å². The van der Waals surface area contributed by atoms with Crippen molar-refractivity contribution in [2.75, 3.05) is 6.54 Å². The van der Waals surface area contributed by atoms with Crippen LogP contribution in [0.4, 0.5) is 0 Å². The van der Waals surface area contributed by atoms with Gasteiger partial charge in [0.25, 0.3) is 5.91 Å². The number of nitrogens with zero attached hydrogens (tertiary/aromatic N) is 1. The largest absolute Gasteiger partial charge is 0.390 e. The molecule has 2 rings (SSSR count). The number of benzene rings is 1. The molecule has 1 N–H and O–H groups in total. The van der Waals surface area contributed by atoms with Crippen LogP contribution in [0, 0.1) is 6.92 Å². The van der Waals surface area contributed by atoms with Crippen LogP contribution in [0.25, 0.3) is 0 Å². The highest BCUT2D eigenvalue weighted by Gasteiger charge is 2.28. The number of amides is 1. The molecule has 0 saturated carbocycles. The van der Waals surface area contributed by atoms with Crippen LogP contribution in [0.1, 0.15) is 41.8 Å². The smallest absolute Gasteiger partial charge is 0.254 e. The summed E-state index contributed by atoms with van der Waals surface area (Å²) >= 11 is 0. The standard InChI is InChI=1S/C14H19NO2/c1-10-4-5-12-11(8-10)9-15(13(12)16)7-6-14(2,3)17/h4-5,8,17H,6-7,9H2,1-3H3. The molecule has 0 spiro atoms. The number of carbonyl (C=O) groups is 1. The molecule has 1 aromatic carbocycles. The van der Waals surface area contributed by atoms with E-state index in [-0.39, 0.29) is 5.91 Å². The third kappa shape index (κ3) is 2.67. The van der Waals surface area contributed by atoms with E-state index in [1.54, 1.807) is 13.8 Å². The molecular formula is C14H19NO2. The second-order valence-corrected chi connectivity index (χ2v) is 5.45. The molecule has 0 aromatic heterocycles. The third-order valence-corrected chi connectivity index (χ3v) is 3.13. The minimum absolute atomic E-state index is 0.0873. The molecule has 1 heterocycles. The average Bonchev–Trinajstić information content (AvgIpc) is 2.51. The topological polar surface area (TPSA) is 40.5 Å². The fourth-order valence-electron chi connectivity index (χ4n) is 2.10. The summed E-state index contributed by atoms with van der Waals surface area (Å²) < 4.78 is 0. The quantitative estimate of drug-likeness (QED) is 0.868. The minimum Gasteiger partial charge on any atom is -0.390 e. The fraction of sp³-hybridized carbons (Fsp3) is 0.500. The molecule has 0 aliphatic carbocycles. The number of hydrogen-bond acceptors (Lipinski definition) is 2. The van der Waals surface area contributed by atoms with Gasteiger partial charge in [0.15, 0.2) is 0 Å². The second-order valence-electron chi connectivity index (χ2n) is 5.45. The number of fused-ring (bicyclic) bond motifs is 1. The summed E-state index contributed by atoms with van der Waals surface area (Å²) in [7, 11) is 0. The fourth-order valence-corrected chi connectivity index (χ4v) is 2.10. The molecule has 1 amide bonds. The highest BCUT2D eigenvalue weighted by Crippen LogP contribution is 2.24. The normalized spacial score (nSPS) is 15.3. The molecule has 1 aliphatic rings. The van der Waals surface area contributed by atoms with E-state index < -0.39 is 5.60 Å². The van der Waals surface area contributed by atoms with Crippen molar-refractivity contribution >= 4 is 5.91 Å². The minimum atomic E-state index is -0.717. The van der Waals surface area contributed by atoms with E-state index in [9.17, 15) is 9.90 Å². The molecule has 0 unspecified atom stereocenters. The summed E-state index contributed by atoms with van der Waals surface area (Å²) in [6.07, 6.45) is 0.603. The molecule has 0 bridgehead atoms. The van der Waals surface area contributed by atoms with Crippen LogP contribution >= 0.6 is 0 Å². The molecule has 0 fully saturated rings. The van der Waals surface area contributed by atoms with Crippen molar-refractivity contribution in [3.63, 3.8) is 0 Å². The molecule has 0 radical (unpaired) electrons. The van der Waals surface area contributed by atoms with E-state index >= 15 is 0 Å². The van der Waals surface area contributed by atoms with Crippen molar-refractivity contribution in [2.24, 2.45) is 0 Å². The van der Waals surface area contributed by atoms with Gasteiger partial charge >= 0.3 is 0 Å². The summed E-state index contributed by atoms with van der Waals surface area (Å²) in [5, 5.41) is 9.69. The Kier molecular flexibility index (Phi) is 2.96.